The van der Waals surface area contributed by atoms with Crippen LogP contribution in [-0.2, 0) is 11.3 Å². The van der Waals surface area contributed by atoms with E-state index in [4.69, 9.17) is 9.15 Å². The van der Waals surface area contributed by atoms with Gasteiger partial charge in [-0.2, -0.15) is 0 Å². The van der Waals surface area contributed by atoms with Crippen molar-refractivity contribution in [3.8, 4) is 0 Å². The second-order valence-electron chi connectivity index (χ2n) is 4.73. The maximum absolute atomic E-state index is 5.60. The minimum atomic E-state index is 0.494. The highest BCUT2D eigenvalue weighted by Crippen LogP contribution is 2.16. The van der Waals surface area contributed by atoms with Crippen molar-refractivity contribution in [2.45, 2.75) is 45.3 Å². The van der Waals surface area contributed by atoms with Gasteiger partial charge in [0.05, 0.1) is 12.6 Å². The van der Waals surface area contributed by atoms with Gasteiger partial charge in [0.1, 0.15) is 0 Å². The van der Waals surface area contributed by atoms with Gasteiger partial charge in [0.15, 0.2) is 0 Å². The zero-order valence-electron chi connectivity index (χ0n) is 10.7. The summed E-state index contributed by atoms with van der Waals surface area (Å²) in [5.41, 5.74) is 0. The largest absolute Gasteiger partial charge is 0.424 e. The Bertz CT molecular complexity index is 334. The number of hydrogen-bond acceptors (Lipinski definition) is 5. The Kier molecular flexibility index (Phi) is 4.50. The summed E-state index contributed by atoms with van der Waals surface area (Å²) in [6, 6.07) is 0. The van der Waals surface area contributed by atoms with E-state index in [1.54, 1.807) is 0 Å². The third kappa shape index (κ3) is 4.09. The Labute approximate surface area is 102 Å². The standard InChI is InChI=1S/C12H21N3O2/c1-10-13-14-12(17-10)9-15(2)7-3-5-11-6-4-8-16-11/h11H,3-9H2,1-2H3. The van der Waals surface area contributed by atoms with Gasteiger partial charge in [0.2, 0.25) is 11.8 Å². The quantitative estimate of drug-likeness (QED) is 0.757. The van der Waals surface area contributed by atoms with Crippen LogP contribution in [0.3, 0.4) is 0 Å². The highest BCUT2D eigenvalue weighted by Gasteiger charge is 2.15. The smallest absolute Gasteiger partial charge is 0.230 e. The molecule has 0 spiro atoms. The minimum Gasteiger partial charge on any atom is -0.424 e. The molecule has 17 heavy (non-hydrogen) atoms. The summed E-state index contributed by atoms with van der Waals surface area (Å²) in [6.07, 6.45) is 5.27. The molecule has 0 aliphatic carbocycles. The molecular weight excluding hydrogens is 218 g/mol. The van der Waals surface area contributed by atoms with E-state index in [1.165, 1.54) is 12.8 Å². The molecule has 1 unspecified atom stereocenters. The zero-order valence-corrected chi connectivity index (χ0v) is 10.7. The molecule has 5 nitrogen and oxygen atoms in total. The molecular formula is C12H21N3O2. The fourth-order valence-electron chi connectivity index (χ4n) is 2.17. The van der Waals surface area contributed by atoms with Crippen LogP contribution in [0.1, 0.15) is 37.5 Å². The topological polar surface area (TPSA) is 51.4 Å². The predicted molar refractivity (Wildman–Crippen MR) is 63.6 cm³/mol. The molecule has 0 saturated carbocycles. The SMILES string of the molecule is Cc1nnc(CN(C)CCCC2CCCO2)o1. The van der Waals surface area contributed by atoms with E-state index in [-0.39, 0.29) is 0 Å². The number of nitrogens with zero attached hydrogens (tertiary/aromatic N) is 3. The molecule has 1 aliphatic heterocycles. The highest BCUT2D eigenvalue weighted by molar-refractivity contribution is 4.78. The van der Waals surface area contributed by atoms with Crippen molar-refractivity contribution in [1.82, 2.24) is 15.1 Å². The Morgan fingerprint density at radius 2 is 2.29 bits per heavy atom. The van der Waals surface area contributed by atoms with Crippen LogP contribution in [-0.4, -0.2) is 41.4 Å². The number of rotatable bonds is 6. The van der Waals surface area contributed by atoms with Crippen molar-refractivity contribution >= 4 is 0 Å². The van der Waals surface area contributed by atoms with E-state index < -0.39 is 0 Å². The van der Waals surface area contributed by atoms with E-state index >= 15 is 0 Å². The van der Waals surface area contributed by atoms with Crippen LogP contribution in [0.25, 0.3) is 0 Å². The molecule has 5 heteroatoms. The molecule has 2 heterocycles. The Morgan fingerprint density at radius 3 is 2.94 bits per heavy atom. The van der Waals surface area contributed by atoms with E-state index in [0.717, 1.165) is 32.5 Å². The van der Waals surface area contributed by atoms with Crippen LogP contribution < -0.4 is 0 Å². The van der Waals surface area contributed by atoms with Crippen molar-refractivity contribution in [2.75, 3.05) is 20.2 Å². The maximum Gasteiger partial charge on any atom is 0.230 e. The molecule has 0 N–H and O–H groups in total. The predicted octanol–water partition coefficient (Wildman–Crippen LogP) is 1.77. The van der Waals surface area contributed by atoms with Gasteiger partial charge in [-0.25, -0.2) is 0 Å². The van der Waals surface area contributed by atoms with Gasteiger partial charge in [0, 0.05) is 13.5 Å². The third-order valence-corrected chi connectivity index (χ3v) is 3.06. The highest BCUT2D eigenvalue weighted by atomic mass is 16.5. The summed E-state index contributed by atoms with van der Waals surface area (Å²) in [5.74, 6) is 1.33. The van der Waals surface area contributed by atoms with Crippen LogP contribution in [0.5, 0.6) is 0 Å². The molecule has 1 aromatic rings. The zero-order chi connectivity index (χ0) is 12.1. The lowest BCUT2D eigenvalue weighted by Gasteiger charge is -2.15. The summed E-state index contributed by atoms with van der Waals surface area (Å²) >= 11 is 0. The van der Waals surface area contributed by atoms with Crippen LogP contribution in [0.4, 0.5) is 0 Å². The lowest BCUT2D eigenvalue weighted by atomic mass is 10.1. The lowest BCUT2D eigenvalue weighted by Crippen LogP contribution is -2.20. The van der Waals surface area contributed by atoms with Gasteiger partial charge in [-0.05, 0) is 39.3 Å². The summed E-state index contributed by atoms with van der Waals surface area (Å²) in [7, 11) is 2.08. The van der Waals surface area contributed by atoms with Crippen molar-refractivity contribution in [3.63, 3.8) is 0 Å². The Hall–Kier alpha value is -0.940. The average molecular weight is 239 g/mol. The minimum absolute atomic E-state index is 0.494. The number of aromatic nitrogens is 2. The molecule has 1 fully saturated rings. The van der Waals surface area contributed by atoms with Crippen LogP contribution in [0.15, 0.2) is 4.42 Å². The summed E-state index contributed by atoms with van der Waals surface area (Å²) in [6.45, 7) is 4.53. The van der Waals surface area contributed by atoms with Crippen molar-refractivity contribution in [2.24, 2.45) is 0 Å². The van der Waals surface area contributed by atoms with Gasteiger partial charge < -0.3 is 9.15 Å². The van der Waals surface area contributed by atoms with Crippen LogP contribution >= 0.6 is 0 Å². The van der Waals surface area contributed by atoms with Crippen molar-refractivity contribution < 1.29 is 9.15 Å². The van der Waals surface area contributed by atoms with Crippen molar-refractivity contribution in [3.05, 3.63) is 11.8 Å². The molecule has 96 valence electrons. The van der Waals surface area contributed by atoms with Gasteiger partial charge in [-0.3, -0.25) is 4.90 Å². The first kappa shape index (κ1) is 12.5. The third-order valence-electron chi connectivity index (χ3n) is 3.06. The van der Waals surface area contributed by atoms with Gasteiger partial charge in [-0.1, -0.05) is 0 Å². The number of aryl methyl sites for hydroxylation is 1. The monoisotopic (exact) mass is 239 g/mol. The van der Waals surface area contributed by atoms with Crippen LogP contribution in [0.2, 0.25) is 0 Å². The molecule has 1 aliphatic rings. The molecule has 0 amide bonds. The first-order valence-corrected chi connectivity index (χ1v) is 6.33. The Morgan fingerprint density at radius 1 is 1.41 bits per heavy atom. The van der Waals surface area contributed by atoms with Crippen LogP contribution in [0, 0.1) is 6.92 Å². The van der Waals surface area contributed by atoms with Crippen molar-refractivity contribution in [1.29, 1.82) is 0 Å². The van der Waals surface area contributed by atoms with Gasteiger partial charge in [0.25, 0.3) is 0 Å². The molecule has 1 atom stereocenters. The maximum atomic E-state index is 5.60. The molecule has 2 rings (SSSR count). The molecule has 0 radical (unpaired) electrons. The second-order valence-corrected chi connectivity index (χ2v) is 4.73. The molecule has 1 aromatic heterocycles. The summed E-state index contributed by atoms with van der Waals surface area (Å²) in [5, 5.41) is 7.81. The first-order valence-electron chi connectivity index (χ1n) is 6.33. The van der Waals surface area contributed by atoms with Gasteiger partial charge >= 0.3 is 0 Å². The van der Waals surface area contributed by atoms with E-state index in [1.807, 2.05) is 6.92 Å². The summed E-state index contributed by atoms with van der Waals surface area (Å²) < 4.78 is 10.9. The molecule has 0 aromatic carbocycles. The first-order chi connectivity index (χ1) is 8.24. The number of ether oxygens (including phenoxy) is 1. The summed E-state index contributed by atoms with van der Waals surface area (Å²) in [4.78, 5) is 2.21. The lowest BCUT2D eigenvalue weighted by molar-refractivity contribution is 0.0992. The number of hydrogen-bond donors (Lipinski definition) is 0. The molecule has 0 bridgehead atoms. The van der Waals surface area contributed by atoms with E-state index in [9.17, 15) is 0 Å². The normalized spacial score (nSPS) is 20.3. The van der Waals surface area contributed by atoms with E-state index in [2.05, 4.69) is 22.1 Å². The van der Waals surface area contributed by atoms with E-state index in [0.29, 0.717) is 17.9 Å². The fourth-order valence-corrected chi connectivity index (χ4v) is 2.17. The average Bonchev–Trinajstić information content (AvgIpc) is 2.90. The Balaban J connectivity index is 1.61. The molecule has 1 saturated heterocycles. The fraction of sp³-hybridized carbons (Fsp3) is 0.833. The van der Waals surface area contributed by atoms with Gasteiger partial charge in [-0.15, -0.1) is 10.2 Å². The second kappa shape index (κ2) is 6.12.